The number of likely N-dealkylation sites (N-methyl/N-ethyl adjacent to an activating group) is 1. The summed E-state index contributed by atoms with van der Waals surface area (Å²) < 4.78 is 5.58. The molecule has 2 aromatic carbocycles. The molecule has 1 aliphatic carbocycles. The Morgan fingerprint density at radius 2 is 1.97 bits per heavy atom. The number of nitrogens with two attached hydrogens (primary N) is 1. The lowest BCUT2D eigenvalue weighted by atomic mass is 9.78. The van der Waals surface area contributed by atoms with Gasteiger partial charge in [0, 0.05) is 18.9 Å². The minimum Gasteiger partial charge on any atom is -0.496 e. The second-order valence-electron chi connectivity index (χ2n) is 8.26. The van der Waals surface area contributed by atoms with E-state index in [1.54, 1.807) is 18.2 Å². The minimum absolute atomic E-state index is 0.102. The average Bonchev–Trinajstić information content (AvgIpc) is 2.99. The number of aromatic nitrogens is 1. The first-order valence-corrected chi connectivity index (χ1v) is 10.9. The molecule has 0 fully saturated rings. The Hall–Kier alpha value is -3.67. The number of carbonyl (C=O) groups is 1. The van der Waals surface area contributed by atoms with Crippen LogP contribution in [0.1, 0.15) is 34.7 Å². The van der Waals surface area contributed by atoms with Gasteiger partial charge in [0.25, 0.3) is 5.91 Å². The summed E-state index contributed by atoms with van der Waals surface area (Å²) in [5, 5.41) is 0. The van der Waals surface area contributed by atoms with E-state index in [4.69, 9.17) is 15.5 Å². The van der Waals surface area contributed by atoms with Crippen LogP contribution in [0.25, 0.3) is 11.1 Å². The van der Waals surface area contributed by atoms with E-state index in [-0.39, 0.29) is 11.9 Å². The number of carbonyl (C=O) groups excluding carboxylic acids is 1. The van der Waals surface area contributed by atoms with Crippen LogP contribution in [0.3, 0.4) is 0 Å². The molecule has 0 bridgehead atoms. The number of rotatable bonds is 3. The number of aliphatic imine (C=N–C) groups is 1. The number of guanidine groups is 1. The molecule has 2 heterocycles. The average molecular weight is 427 g/mol. The van der Waals surface area contributed by atoms with Crippen molar-refractivity contribution in [2.45, 2.75) is 32.2 Å². The smallest absolute Gasteiger partial charge is 0.266 e. The minimum atomic E-state index is -1.20. The molecule has 3 aromatic rings. The molecule has 2 N–H and O–H groups in total. The maximum atomic E-state index is 14.0. The molecule has 5 rings (SSSR count). The summed E-state index contributed by atoms with van der Waals surface area (Å²) in [5.41, 5.74) is 12.2. The van der Waals surface area contributed by atoms with Gasteiger partial charge in [-0.05, 0) is 83.8 Å². The molecule has 0 radical (unpaired) electrons. The van der Waals surface area contributed by atoms with Crippen LogP contribution in [0.4, 0.5) is 0 Å². The summed E-state index contributed by atoms with van der Waals surface area (Å²) in [4.78, 5) is 24.7. The van der Waals surface area contributed by atoms with Crippen LogP contribution in [-0.4, -0.2) is 35.4 Å². The van der Waals surface area contributed by atoms with Gasteiger partial charge in [-0.1, -0.05) is 24.3 Å². The topological polar surface area (TPSA) is 80.8 Å². The SMILES string of the molecule is CCN1C(=O)C2(N=C1N)c1cc(-c3cccnc3)ccc1CCc1c2ccc(OC)c1C. The van der Waals surface area contributed by atoms with Crippen molar-refractivity contribution < 1.29 is 9.53 Å². The van der Waals surface area contributed by atoms with Crippen LogP contribution in [-0.2, 0) is 23.2 Å². The largest absolute Gasteiger partial charge is 0.496 e. The van der Waals surface area contributed by atoms with Crippen molar-refractivity contribution in [2.24, 2.45) is 10.7 Å². The number of hydrogen-bond acceptors (Lipinski definition) is 5. The first kappa shape index (κ1) is 20.2. The van der Waals surface area contributed by atoms with E-state index in [1.165, 1.54) is 0 Å². The Morgan fingerprint density at radius 1 is 1.12 bits per heavy atom. The zero-order valence-electron chi connectivity index (χ0n) is 18.6. The molecular weight excluding hydrogens is 400 g/mol. The summed E-state index contributed by atoms with van der Waals surface area (Å²) in [5.74, 6) is 0.974. The van der Waals surface area contributed by atoms with Gasteiger partial charge in [-0.3, -0.25) is 14.7 Å². The Balaban J connectivity index is 1.83. The van der Waals surface area contributed by atoms with Crippen molar-refractivity contribution in [3.8, 4) is 16.9 Å². The van der Waals surface area contributed by atoms with Gasteiger partial charge in [0.05, 0.1) is 7.11 Å². The Bertz CT molecular complexity index is 1250. The molecule has 0 saturated heterocycles. The summed E-state index contributed by atoms with van der Waals surface area (Å²) in [6, 6.07) is 14.2. The van der Waals surface area contributed by atoms with Crippen molar-refractivity contribution >= 4 is 11.9 Å². The number of pyridine rings is 1. The molecule has 1 unspecified atom stereocenters. The van der Waals surface area contributed by atoms with Crippen LogP contribution in [0, 0.1) is 6.92 Å². The van der Waals surface area contributed by atoms with E-state index >= 15 is 0 Å². The Labute approximate surface area is 187 Å². The molecule has 6 nitrogen and oxygen atoms in total. The fourth-order valence-corrected chi connectivity index (χ4v) is 5.10. The van der Waals surface area contributed by atoms with Crippen molar-refractivity contribution in [3.63, 3.8) is 0 Å². The highest BCUT2D eigenvalue weighted by molar-refractivity contribution is 6.09. The predicted molar refractivity (Wildman–Crippen MR) is 125 cm³/mol. The number of fused-ring (bicyclic) bond motifs is 4. The normalized spacial score (nSPS) is 19.4. The monoisotopic (exact) mass is 426 g/mol. The first-order chi connectivity index (χ1) is 15.5. The molecular formula is C26H26N4O2. The first-order valence-electron chi connectivity index (χ1n) is 10.9. The summed E-state index contributed by atoms with van der Waals surface area (Å²) >= 11 is 0. The van der Waals surface area contributed by atoms with Crippen molar-refractivity contribution in [3.05, 3.63) is 82.7 Å². The summed E-state index contributed by atoms with van der Waals surface area (Å²) in [6.07, 6.45) is 5.19. The molecule has 1 aromatic heterocycles. The number of methoxy groups -OCH3 is 1. The van der Waals surface area contributed by atoms with E-state index in [2.05, 4.69) is 23.2 Å². The molecule has 0 saturated carbocycles. The summed E-state index contributed by atoms with van der Waals surface area (Å²) in [6.45, 7) is 4.44. The lowest BCUT2D eigenvalue weighted by Gasteiger charge is -2.29. The van der Waals surface area contributed by atoms with Crippen LogP contribution in [0.2, 0.25) is 0 Å². The predicted octanol–water partition coefficient (Wildman–Crippen LogP) is 3.58. The van der Waals surface area contributed by atoms with Gasteiger partial charge in [-0.25, -0.2) is 4.99 Å². The van der Waals surface area contributed by atoms with Gasteiger partial charge in [-0.2, -0.15) is 0 Å². The number of nitrogens with zero attached hydrogens (tertiary/aromatic N) is 3. The number of aryl methyl sites for hydroxylation is 1. The quantitative estimate of drug-likeness (QED) is 0.694. The molecule has 2 aliphatic rings. The molecule has 162 valence electrons. The lowest BCUT2D eigenvalue weighted by Crippen LogP contribution is -2.43. The molecule has 1 spiro atoms. The van der Waals surface area contributed by atoms with Gasteiger partial charge in [0.15, 0.2) is 11.5 Å². The number of ether oxygens (including phenoxy) is 1. The van der Waals surface area contributed by atoms with E-state index in [9.17, 15) is 4.79 Å². The standard InChI is InChI=1S/C26H26N4O2/c1-4-30-24(31)26(29-25(30)27)21-11-12-23(32-3)16(2)20(21)10-9-17-7-8-18(14-22(17)26)19-6-5-13-28-15-19/h5-8,11-15H,4,9-10H2,1-3H3,(H2,27,29). The number of amides is 1. The second-order valence-corrected chi connectivity index (χ2v) is 8.26. The van der Waals surface area contributed by atoms with Crippen molar-refractivity contribution in [1.29, 1.82) is 0 Å². The number of benzene rings is 2. The molecule has 32 heavy (non-hydrogen) atoms. The third-order valence-corrected chi connectivity index (χ3v) is 6.73. The maximum Gasteiger partial charge on any atom is 0.266 e. The zero-order chi connectivity index (χ0) is 22.5. The molecule has 1 amide bonds. The Kier molecular flexibility index (Phi) is 4.73. The molecule has 6 heteroatoms. The van der Waals surface area contributed by atoms with Gasteiger partial charge in [0.1, 0.15) is 5.75 Å². The zero-order valence-corrected chi connectivity index (χ0v) is 18.6. The maximum absolute atomic E-state index is 14.0. The van der Waals surface area contributed by atoms with Crippen LogP contribution in [0.15, 0.2) is 59.9 Å². The third-order valence-electron chi connectivity index (χ3n) is 6.73. The van der Waals surface area contributed by atoms with E-state index in [0.717, 1.165) is 57.5 Å². The van der Waals surface area contributed by atoms with Gasteiger partial charge >= 0.3 is 0 Å². The Morgan fingerprint density at radius 3 is 2.66 bits per heavy atom. The number of hydrogen-bond donors (Lipinski definition) is 1. The van der Waals surface area contributed by atoms with Crippen LogP contribution in [0.5, 0.6) is 5.75 Å². The second kappa shape index (κ2) is 7.48. The fourth-order valence-electron chi connectivity index (χ4n) is 5.10. The third kappa shape index (κ3) is 2.75. The highest BCUT2D eigenvalue weighted by atomic mass is 16.5. The van der Waals surface area contributed by atoms with E-state index < -0.39 is 5.54 Å². The fraction of sp³-hybridized carbons (Fsp3) is 0.269. The summed E-state index contributed by atoms with van der Waals surface area (Å²) in [7, 11) is 1.67. The van der Waals surface area contributed by atoms with Crippen LogP contribution >= 0.6 is 0 Å². The van der Waals surface area contributed by atoms with Crippen LogP contribution < -0.4 is 10.5 Å². The highest BCUT2D eigenvalue weighted by Gasteiger charge is 2.53. The van der Waals surface area contributed by atoms with Gasteiger partial charge < -0.3 is 10.5 Å². The van der Waals surface area contributed by atoms with E-state index in [1.807, 2.05) is 44.3 Å². The van der Waals surface area contributed by atoms with Crippen molar-refractivity contribution in [1.82, 2.24) is 9.88 Å². The van der Waals surface area contributed by atoms with Gasteiger partial charge in [-0.15, -0.1) is 0 Å². The van der Waals surface area contributed by atoms with Crippen molar-refractivity contribution in [2.75, 3.05) is 13.7 Å². The van der Waals surface area contributed by atoms with E-state index in [0.29, 0.717) is 6.54 Å². The highest BCUT2D eigenvalue weighted by Crippen LogP contribution is 2.47. The molecule has 1 aliphatic heterocycles. The van der Waals surface area contributed by atoms with Gasteiger partial charge in [0.2, 0.25) is 0 Å². The lowest BCUT2D eigenvalue weighted by molar-refractivity contribution is -0.130. The molecule has 1 atom stereocenters.